The minimum absolute atomic E-state index is 0.133. The van der Waals surface area contributed by atoms with E-state index in [0.717, 1.165) is 11.3 Å². The molecule has 10 heteroatoms. The Morgan fingerprint density at radius 1 is 1.23 bits per heavy atom. The van der Waals surface area contributed by atoms with Crippen molar-refractivity contribution in [1.29, 1.82) is 0 Å². The van der Waals surface area contributed by atoms with Crippen LogP contribution in [0, 0.1) is 0 Å². The Kier molecular flexibility index (Phi) is 6.64. The van der Waals surface area contributed by atoms with Crippen molar-refractivity contribution in [3.63, 3.8) is 0 Å². The monoisotopic (exact) mass is 459 g/mol. The zero-order chi connectivity index (χ0) is 21.8. The molecule has 1 fully saturated rings. The highest BCUT2D eigenvalue weighted by Gasteiger charge is 2.29. The molecule has 0 spiro atoms. The summed E-state index contributed by atoms with van der Waals surface area (Å²) in [7, 11) is 0. The molecule has 1 aliphatic heterocycles. The molecule has 8 nitrogen and oxygen atoms in total. The van der Waals surface area contributed by atoms with Crippen LogP contribution >= 0.6 is 22.9 Å². The molecule has 1 amide bonds. The number of aromatic nitrogens is 3. The van der Waals surface area contributed by atoms with Crippen molar-refractivity contribution in [2.75, 3.05) is 23.4 Å². The molecule has 0 radical (unpaired) electrons. The van der Waals surface area contributed by atoms with Crippen LogP contribution in [-0.2, 0) is 11.3 Å². The summed E-state index contributed by atoms with van der Waals surface area (Å²) >= 11 is 7.06. The Hall–Kier alpha value is -2.75. The second-order valence-corrected chi connectivity index (χ2v) is 8.65. The second-order valence-electron chi connectivity index (χ2n) is 7.28. The topological polar surface area (TPSA) is 89.5 Å². The number of anilines is 2. The number of amides is 1. The molecular weight excluding hydrogens is 438 g/mol. The van der Waals surface area contributed by atoms with E-state index >= 15 is 0 Å². The maximum absolute atomic E-state index is 13.0. The van der Waals surface area contributed by atoms with Crippen molar-refractivity contribution in [1.82, 2.24) is 15.2 Å². The molecule has 1 aromatic carbocycles. The van der Waals surface area contributed by atoms with Crippen molar-refractivity contribution in [3.8, 4) is 5.19 Å². The van der Waals surface area contributed by atoms with Crippen LogP contribution in [0.2, 0.25) is 5.02 Å². The van der Waals surface area contributed by atoms with Crippen molar-refractivity contribution < 1.29 is 14.3 Å². The number of hydrogen-bond donors (Lipinski definition) is 1. The number of rotatable bonds is 6. The van der Waals surface area contributed by atoms with E-state index < -0.39 is 0 Å². The molecule has 4 rings (SSSR count). The van der Waals surface area contributed by atoms with E-state index in [2.05, 4.69) is 39.2 Å². The second kappa shape index (κ2) is 9.59. The van der Waals surface area contributed by atoms with Crippen molar-refractivity contribution in [2.24, 2.45) is 0 Å². The lowest BCUT2D eigenvalue weighted by atomic mass is 10.1. The molecule has 2 aromatic heterocycles. The number of hydrogen-bond acceptors (Lipinski definition) is 8. The third kappa shape index (κ3) is 5.12. The first-order chi connectivity index (χ1) is 15.0. The van der Waals surface area contributed by atoms with Gasteiger partial charge in [-0.2, -0.15) is 0 Å². The highest BCUT2D eigenvalue weighted by molar-refractivity contribution is 7.17. The highest BCUT2D eigenvalue weighted by atomic mass is 35.5. The summed E-state index contributed by atoms with van der Waals surface area (Å²) in [5.41, 5.74) is 2.25. The van der Waals surface area contributed by atoms with Gasteiger partial charge in [0.2, 0.25) is 5.13 Å². The lowest BCUT2D eigenvalue weighted by Gasteiger charge is -2.41. The van der Waals surface area contributed by atoms with Gasteiger partial charge >= 0.3 is 0 Å². The van der Waals surface area contributed by atoms with Crippen LogP contribution in [0.4, 0.5) is 10.8 Å². The minimum atomic E-state index is -0.274. The summed E-state index contributed by atoms with van der Waals surface area (Å²) in [5.74, 6) is -0.274. The van der Waals surface area contributed by atoms with Crippen molar-refractivity contribution in [2.45, 2.75) is 32.5 Å². The van der Waals surface area contributed by atoms with Gasteiger partial charge in [-0.05, 0) is 48.9 Å². The Morgan fingerprint density at radius 2 is 1.97 bits per heavy atom. The van der Waals surface area contributed by atoms with Gasteiger partial charge in [0.1, 0.15) is 6.61 Å². The Bertz CT molecular complexity index is 1040. The van der Waals surface area contributed by atoms with E-state index in [0.29, 0.717) is 40.7 Å². The fourth-order valence-electron chi connectivity index (χ4n) is 3.47. The number of carbonyl (C=O) groups excluding carboxylic acids is 1. The molecule has 0 bridgehead atoms. The molecule has 1 saturated heterocycles. The maximum atomic E-state index is 13.0. The summed E-state index contributed by atoms with van der Waals surface area (Å²) < 4.78 is 11.3. The Labute approximate surface area is 189 Å². The average Bonchev–Trinajstić information content (AvgIpc) is 3.21. The summed E-state index contributed by atoms with van der Waals surface area (Å²) in [6.45, 7) is 5.68. The lowest BCUT2D eigenvalue weighted by Crippen LogP contribution is -2.50. The number of pyridine rings is 1. The third-order valence-corrected chi connectivity index (χ3v) is 5.90. The van der Waals surface area contributed by atoms with Crippen LogP contribution in [-0.4, -0.2) is 46.4 Å². The number of nitrogens with one attached hydrogen (secondary N) is 1. The molecule has 162 valence electrons. The SMILES string of the molecule is C[C@@H]1COC[C@@H](C)N1c1cnccc1C(=O)Nc1nnc(OCc2ccc(Cl)cc2)s1. The number of ether oxygens (including phenoxy) is 2. The summed E-state index contributed by atoms with van der Waals surface area (Å²) in [6.07, 6.45) is 3.32. The van der Waals surface area contributed by atoms with Gasteiger partial charge in [-0.1, -0.05) is 28.8 Å². The smallest absolute Gasteiger partial charge is 0.296 e. The largest absolute Gasteiger partial charge is 0.464 e. The highest BCUT2D eigenvalue weighted by Crippen LogP contribution is 2.29. The van der Waals surface area contributed by atoms with Gasteiger partial charge in [-0.15, -0.1) is 5.10 Å². The molecule has 0 aliphatic carbocycles. The molecule has 0 unspecified atom stereocenters. The molecule has 1 aliphatic rings. The molecular formula is C21H22ClN5O3S. The number of benzene rings is 1. The summed E-state index contributed by atoms with van der Waals surface area (Å²) in [6, 6.07) is 9.33. The van der Waals surface area contributed by atoms with Gasteiger partial charge in [0.05, 0.1) is 42.7 Å². The van der Waals surface area contributed by atoms with Crippen LogP contribution in [0.15, 0.2) is 42.7 Å². The zero-order valence-electron chi connectivity index (χ0n) is 17.1. The predicted molar refractivity (Wildman–Crippen MR) is 120 cm³/mol. The molecule has 0 saturated carbocycles. The summed E-state index contributed by atoms with van der Waals surface area (Å²) in [5, 5.41) is 12.2. The van der Waals surface area contributed by atoms with Crippen LogP contribution in [0.1, 0.15) is 29.8 Å². The maximum Gasteiger partial charge on any atom is 0.296 e. The predicted octanol–water partition coefficient (Wildman–Crippen LogP) is 4.03. The molecule has 3 heterocycles. The van der Waals surface area contributed by atoms with Crippen molar-refractivity contribution >= 4 is 39.7 Å². The quantitative estimate of drug-likeness (QED) is 0.595. The van der Waals surface area contributed by atoms with E-state index in [4.69, 9.17) is 21.1 Å². The first kappa shape index (κ1) is 21.5. The first-order valence-corrected chi connectivity index (χ1v) is 11.0. The Morgan fingerprint density at radius 3 is 2.71 bits per heavy atom. The van der Waals surface area contributed by atoms with Gasteiger partial charge < -0.3 is 14.4 Å². The molecule has 31 heavy (non-hydrogen) atoms. The van der Waals surface area contributed by atoms with Crippen LogP contribution in [0.5, 0.6) is 5.19 Å². The van der Waals surface area contributed by atoms with E-state index in [1.165, 1.54) is 11.3 Å². The molecule has 1 N–H and O–H groups in total. The molecule has 3 aromatic rings. The van der Waals surface area contributed by atoms with Gasteiger partial charge in [0, 0.05) is 11.2 Å². The van der Waals surface area contributed by atoms with Gasteiger partial charge in [0.25, 0.3) is 11.1 Å². The van der Waals surface area contributed by atoms with E-state index in [1.54, 1.807) is 30.6 Å². The number of halogens is 1. The number of carbonyl (C=O) groups is 1. The lowest BCUT2D eigenvalue weighted by molar-refractivity contribution is 0.0754. The van der Waals surface area contributed by atoms with Gasteiger partial charge in [-0.25, -0.2) is 0 Å². The number of nitrogens with zero attached hydrogens (tertiary/aromatic N) is 4. The normalized spacial score (nSPS) is 18.6. The van der Waals surface area contributed by atoms with Crippen molar-refractivity contribution in [3.05, 3.63) is 58.9 Å². The first-order valence-electron chi connectivity index (χ1n) is 9.83. The zero-order valence-corrected chi connectivity index (χ0v) is 18.7. The summed E-state index contributed by atoms with van der Waals surface area (Å²) in [4.78, 5) is 19.4. The van der Waals surface area contributed by atoms with Gasteiger partial charge in [-0.3, -0.25) is 15.1 Å². The van der Waals surface area contributed by atoms with E-state index in [1.807, 2.05) is 12.1 Å². The average molecular weight is 460 g/mol. The van der Waals surface area contributed by atoms with E-state index in [-0.39, 0.29) is 18.0 Å². The van der Waals surface area contributed by atoms with Crippen LogP contribution in [0.3, 0.4) is 0 Å². The van der Waals surface area contributed by atoms with Gasteiger partial charge in [0.15, 0.2) is 0 Å². The fraction of sp³-hybridized carbons (Fsp3) is 0.333. The molecule has 2 atom stereocenters. The standard InChI is InChI=1S/C21H22ClN5O3S/c1-13-10-29-11-14(2)27(13)18-9-23-8-7-17(18)19(28)24-20-25-26-21(31-20)30-12-15-3-5-16(22)6-4-15/h3-9,13-14H,10-12H2,1-2H3,(H,24,25,28)/t13-,14-/m1/s1. The Balaban J connectivity index is 1.44. The minimum Gasteiger partial charge on any atom is -0.464 e. The third-order valence-electron chi connectivity index (χ3n) is 4.89. The number of morpholine rings is 1. The van der Waals surface area contributed by atoms with E-state index in [9.17, 15) is 4.79 Å². The fourth-order valence-corrected chi connectivity index (χ4v) is 4.19. The van der Waals surface area contributed by atoms with Crippen LogP contribution in [0.25, 0.3) is 0 Å². The van der Waals surface area contributed by atoms with Crippen LogP contribution < -0.4 is 15.0 Å².